The molecule has 0 aromatic carbocycles. The number of rotatable bonds is 4. The molecule has 0 aromatic heterocycles. The van der Waals surface area contributed by atoms with E-state index in [0.29, 0.717) is 5.88 Å². The Labute approximate surface area is 122 Å². The lowest BCUT2D eigenvalue weighted by Crippen LogP contribution is -2.41. The van der Waals surface area contributed by atoms with Gasteiger partial charge >= 0.3 is 0 Å². The average Bonchev–Trinajstić information content (AvgIpc) is 2.78. The summed E-state index contributed by atoms with van der Waals surface area (Å²) in [7, 11) is 0. The van der Waals surface area contributed by atoms with Crippen LogP contribution in [0, 0.1) is 22.2 Å². The molecule has 0 unspecified atom stereocenters. The lowest BCUT2D eigenvalue weighted by Gasteiger charge is -2.35. The van der Waals surface area contributed by atoms with Gasteiger partial charge in [-0.3, -0.25) is 4.79 Å². The Kier molecular flexibility index (Phi) is 3.94. The van der Waals surface area contributed by atoms with Crippen LogP contribution >= 0.6 is 11.6 Å². The monoisotopic (exact) mass is 285 g/mol. The van der Waals surface area contributed by atoms with Crippen LogP contribution in [0.2, 0.25) is 0 Å². The van der Waals surface area contributed by atoms with E-state index < -0.39 is 0 Å². The van der Waals surface area contributed by atoms with E-state index in [1.54, 1.807) is 0 Å². The predicted octanol–water partition coefficient (Wildman–Crippen LogP) is 3.97. The number of alkyl halides is 1. The Morgan fingerprint density at radius 3 is 2.05 bits per heavy atom. The van der Waals surface area contributed by atoms with E-state index in [-0.39, 0.29) is 28.1 Å². The van der Waals surface area contributed by atoms with Crippen molar-refractivity contribution in [2.75, 3.05) is 12.4 Å². The number of hydrogen-bond acceptors (Lipinski definition) is 1. The molecule has 2 nitrogen and oxygen atoms in total. The van der Waals surface area contributed by atoms with Gasteiger partial charge in [0.1, 0.15) is 0 Å². The molecule has 1 amide bonds. The minimum Gasteiger partial charge on any atom is -0.355 e. The summed E-state index contributed by atoms with van der Waals surface area (Å²) in [4.78, 5) is 12.4. The predicted molar refractivity (Wildman–Crippen MR) is 80.3 cm³/mol. The number of carbonyl (C=O) groups is 1. The van der Waals surface area contributed by atoms with E-state index in [9.17, 15) is 4.79 Å². The first kappa shape index (κ1) is 15.2. The molecule has 0 heterocycles. The van der Waals surface area contributed by atoms with Crippen LogP contribution in [0.5, 0.6) is 0 Å². The van der Waals surface area contributed by atoms with Gasteiger partial charge in [0.2, 0.25) is 5.91 Å². The maximum Gasteiger partial charge on any atom is 0.224 e. The molecule has 0 bridgehead atoms. The van der Waals surface area contributed by atoms with E-state index >= 15 is 0 Å². The van der Waals surface area contributed by atoms with Gasteiger partial charge in [0.05, 0.1) is 0 Å². The summed E-state index contributed by atoms with van der Waals surface area (Å²) in [6.07, 6.45) is 6.14. The lowest BCUT2D eigenvalue weighted by atomic mass is 9.75. The number of halogens is 1. The van der Waals surface area contributed by atoms with Crippen molar-refractivity contribution in [3.8, 4) is 0 Å². The molecule has 0 spiro atoms. The van der Waals surface area contributed by atoms with Gasteiger partial charge in [-0.05, 0) is 23.7 Å². The third-order valence-electron chi connectivity index (χ3n) is 6.12. The topological polar surface area (TPSA) is 29.1 Å². The van der Waals surface area contributed by atoms with E-state index in [1.165, 1.54) is 19.3 Å². The van der Waals surface area contributed by atoms with Gasteiger partial charge in [0.15, 0.2) is 0 Å². The summed E-state index contributed by atoms with van der Waals surface area (Å²) >= 11 is 6.18. The zero-order valence-corrected chi connectivity index (χ0v) is 13.6. The number of hydrogen-bond donors (Lipinski definition) is 1. The van der Waals surface area contributed by atoms with Crippen molar-refractivity contribution in [2.45, 2.75) is 59.8 Å². The third kappa shape index (κ3) is 2.53. The summed E-state index contributed by atoms with van der Waals surface area (Å²) in [6.45, 7) is 9.52. The maximum atomic E-state index is 12.4. The van der Waals surface area contributed by atoms with Crippen LogP contribution in [0.3, 0.4) is 0 Å². The van der Waals surface area contributed by atoms with E-state index in [0.717, 1.165) is 19.4 Å². The molecule has 2 fully saturated rings. The highest BCUT2D eigenvalue weighted by molar-refractivity contribution is 6.18. The van der Waals surface area contributed by atoms with Crippen molar-refractivity contribution >= 4 is 17.5 Å². The number of amides is 1. The quantitative estimate of drug-likeness (QED) is 0.778. The van der Waals surface area contributed by atoms with Gasteiger partial charge in [0.25, 0.3) is 0 Å². The van der Waals surface area contributed by atoms with E-state index in [1.807, 2.05) is 0 Å². The van der Waals surface area contributed by atoms with E-state index in [4.69, 9.17) is 11.6 Å². The highest BCUT2D eigenvalue weighted by Crippen LogP contribution is 2.68. The molecule has 19 heavy (non-hydrogen) atoms. The zero-order valence-electron chi connectivity index (χ0n) is 12.8. The number of carbonyl (C=O) groups excluding carboxylic acids is 1. The Hall–Kier alpha value is -0.240. The Morgan fingerprint density at radius 1 is 1.11 bits per heavy atom. The van der Waals surface area contributed by atoms with Crippen LogP contribution in [0.4, 0.5) is 0 Å². The fraction of sp³-hybridized carbons (Fsp3) is 0.938. The van der Waals surface area contributed by atoms with Crippen molar-refractivity contribution in [3.05, 3.63) is 0 Å². The molecule has 0 aliphatic heterocycles. The van der Waals surface area contributed by atoms with Crippen molar-refractivity contribution in [2.24, 2.45) is 22.2 Å². The molecule has 1 N–H and O–H groups in total. The first-order valence-electron chi connectivity index (χ1n) is 7.61. The molecular weight excluding hydrogens is 258 g/mol. The van der Waals surface area contributed by atoms with Crippen molar-refractivity contribution in [1.29, 1.82) is 0 Å². The van der Waals surface area contributed by atoms with Gasteiger partial charge in [-0.1, -0.05) is 47.0 Å². The first-order valence-corrected chi connectivity index (χ1v) is 8.14. The smallest absolute Gasteiger partial charge is 0.224 e. The molecule has 2 rings (SSSR count). The van der Waals surface area contributed by atoms with Crippen LogP contribution in [-0.2, 0) is 4.79 Å². The molecule has 0 atom stereocenters. The molecule has 2 saturated carbocycles. The highest BCUT2D eigenvalue weighted by atomic mass is 35.5. The van der Waals surface area contributed by atoms with Crippen LogP contribution in [0.25, 0.3) is 0 Å². The van der Waals surface area contributed by atoms with Crippen LogP contribution in [-0.4, -0.2) is 18.3 Å². The molecule has 110 valence electrons. The maximum absolute atomic E-state index is 12.4. The summed E-state index contributed by atoms with van der Waals surface area (Å²) in [5.74, 6) is 1.05. The van der Waals surface area contributed by atoms with Crippen molar-refractivity contribution < 1.29 is 4.79 Å². The molecule has 0 radical (unpaired) electrons. The molecule has 3 heteroatoms. The standard InChI is InChI=1S/C16H28ClNO/c1-14(2)12(15(14,3)4)13(19)18-11-16(10-17)8-6-5-7-9-16/h12H,5-11H2,1-4H3,(H,18,19). The van der Waals surface area contributed by atoms with Gasteiger partial charge in [-0.25, -0.2) is 0 Å². The lowest BCUT2D eigenvalue weighted by molar-refractivity contribution is -0.124. The van der Waals surface area contributed by atoms with Crippen LogP contribution in [0.1, 0.15) is 59.8 Å². The fourth-order valence-electron chi connectivity index (χ4n) is 3.89. The van der Waals surface area contributed by atoms with Gasteiger partial charge in [-0.15, -0.1) is 11.6 Å². The van der Waals surface area contributed by atoms with Gasteiger partial charge in [-0.2, -0.15) is 0 Å². The van der Waals surface area contributed by atoms with E-state index in [2.05, 4.69) is 33.0 Å². The summed E-state index contributed by atoms with van der Waals surface area (Å²) < 4.78 is 0. The zero-order chi connectivity index (χ0) is 14.3. The summed E-state index contributed by atoms with van der Waals surface area (Å²) in [6, 6.07) is 0. The minimum absolute atomic E-state index is 0.123. The van der Waals surface area contributed by atoms with Gasteiger partial charge < -0.3 is 5.32 Å². The summed E-state index contributed by atoms with van der Waals surface area (Å²) in [5, 5.41) is 3.19. The summed E-state index contributed by atoms with van der Waals surface area (Å²) in [5.41, 5.74) is 0.397. The normalized spacial score (nSPS) is 27.8. The second-order valence-electron chi connectivity index (χ2n) is 7.79. The van der Waals surface area contributed by atoms with Crippen LogP contribution < -0.4 is 5.32 Å². The average molecular weight is 286 g/mol. The Balaban J connectivity index is 1.90. The SMILES string of the molecule is CC1(C)C(C(=O)NCC2(CCl)CCCCC2)C1(C)C. The third-order valence-corrected chi connectivity index (χ3v) is 6.69. The molecule has 2 aliphatic carbocycles. The van der Waals surface area contributed by atoms with Crippen molar-refractivity contribution in [3.63, 3.8) is 0 Å². The molecule has 0 saturated heterocycles. The molecule has 0 aromatic rings. The minimum atomic E-state index is 0.123. The second kappa shape index (κ2) is 4.95. The fourth-order valence-corrected chi connectivity index (χ4v) is 4.25. The van der Waals surface area contributed by atoms with Gasteiger partial charge in [0, 0.05) is 23.8 Å². The highest BCUT2D eigenvalue weighted by Gasteiger charge is 2.68. The first-order chi connectivity index (χ1) is 8.77. The van der Waals surface area contributed by atoms with Crippen molar-refractivity contribution in [1.82, 2.24) is 5.32 Å². The number of nitrogens with one attached hydrogen (secondary N) is 1. The molecule has 2 aliphatic rings. The largest absolute Gasteiger partial charge is 0.355 e. The van der Waals surface area contributed by atoms with Crippen LogP contribution in [0.15, 0.2) is 0 Å². The Bertz CT molecular complexity index is 342. The Morgan fingerprint density at radius 2 is 1.63 bits per heavy atom. The second-order valence-corrected chi connectivity index (χ2v) is 8.06. The molecular formula is C16H28ClNO.